The highest BCUT2D eigenvalue weighted by molar-refractivity contribution is 6.06. The first-order chi connectivity index (χ1) is 11.0. The van der Waals surface area contributed by atoms with Crippen molar-refractivity contribution in [2.75, 3.05) is 12.4 Å². The molecule has 0 spiro atoms. The fourth-order valence-corrected chi connectivity index (χ4v) is 2.22. The van der Waals surface area contributed by atoms with E-state index in [0.29, 0.717) is 11.3 Å². The fraction of sp³-hybridized carbons (Fsp3) is 0.312. The lowest BCUT2D eigenvalue weighted by atomic mass is 10.1. The molecule has 1 aromatic heterocycles. The molecule has 1 amide bonds. The molecule has 7 heteroatoms. The van der Waals surface area contributed by atoms with Crippen molar-refractivity contribution in [3.63, 3.8) is 0 Å². The van der Waals surface area contributed by atoms with Gasteiger partial charge in [-0.25, -0.2) is 4.79 Å². The van der Waals surface area contributed by atoms with Gasteiger partial charge in [0.1, 0.15) is 5.75 Å². The van der Waals surface area contributed by atoms with E-state index in [1.54, 1.807) is 4.68 Å². The van der Waals surface area contributed by atoms with Crippen LogP contribution in [0.4, 0.5) is 5.69 Å². The molecule has 1 heterocycles. The summed E-state index contributed by atoms with van der Waals surface area (Å²) in [6.07, 6.45) is 2.45. The maximum Gasteiger partial charge on any atom is 0.335 e. The molecule has 7 nitrogen and oxygen atoms in total. The van der Waals surface area contributed by atoms with Crippen LogP contribution in [0.1, 0.15) is 39.8 Å². The summed E-state index contributed by atoms with van der Waals surface area (Å²) in [7, 11) is 1.42. The Morgan fingerprint density at radius 2 is 2.13 bits per heavy atom. The number of carboxylic acids is 1. The van der Waals surface area contributed by atoms with Crippen molar-refractivity contribution in [3.8, 4) is 5.75 Å². The van der Waals surface area contributed by atoms with E-state index < -0.39 is 5.97 Å². The van der Waals surface area contributed by atoms with Crippen molar-refractivity contribution >= 4 is 17.6 Å². The highest BCUT2D eigenvalue weighted by atomic mass is 16.5. The molecule has 0 fully saturated rings. The van der Waals surface area contributed by atoms with E-state index in [0.717, 1.165) is 18.7 Å². The Kier molecular flexibility index (Phi) is 5.00. The zero-order valence-electron chi connectivity index (χ0n) is 13.3. The fourth-order valence-electron chi connectivity index (χ4n) is 2.22. The van der Waals surface area contributed by atoms with Crippen LogP contribution in [0.25, 0.3) is 0 Å². The minimum atomic E-state index is -1.06. The van der Waals surface area contributed by atoms with Crippen LogP contribution >= 0.6 is 0 Å². The summed E-state index contributed by atoms with van der Waals surface area (Å²) in [5, 5.41) is 15.9. The molecule has 2 N–H and O–H groups in total. The highest BCUT2D eigenvalue weighted by Gasteiger charge is 2.16. The molecule has 0 aliphatic carbocycles. The van der Waals surface area contributed by atoms with Crippen molar-refractivity contribution < 1.29 is 19.4 Å². The molecular formula is C16H19N3O4. The summed E-state index contributed by atoms with van der Waals surface area (Å²) in [5.41, 5.74) is 1.75. The summed E-state index contributed by atoms with van der Waals surface area (Å²) in [4.78, 5) is 23.4. The second kappa shape index (κ2) is 6.95. The van der Waals surface area contributed by atoms with Crippen LogP contribution < -0.4 is 10.1 Å². The molecule has 2 aromatic rings. The number of carboxylic acid groups (broad SMARTS) is 1. The van der Waals surface area contributed by atoms with Gasteiger partial charge in [-0.3, -0.25) is 9.48 Å². The first-order valence-corrected chi connectivity index (χ1v) is 7.23. The normalized spacial score (nSPS) is 10.4. The Labute approximate surface area is 133 Å². The van der Waals surface area contributed by atoms with Gasteiger partial charge in [-0.15, -0.1) is 0 Å². The number of hydrogen-bond donors (Lipinski definition) is 2. The molecule has 23 heavy (non-hydrogen) atoms. The third kappa shape index (κ3) is 3.50. The van der Waals surface area contributed by atoms with E-state index >= 15 is 0 Å². The lowest BCUT2D eigenvalue weighted by molar-refractivity contribution is 0.0696. The molecule has 2 rings (SSSR count). The molecule has 1 aromatic carbocycles. The molecule has 0 saturated carbocycles. The highest BCUT2D eigenvalue weighted by Crippen LogP contribution is 2.26. The predicted octanol–water partition coefficient (Wildman–Crippen LogP) is 2.56. The third-order valence-electron chi connectivity index (χ3n) is 3.48. The number of aromatic nitrogens is 2. The predicted molar refractivity (Wildman–Crippen MR) is 85.2 cm³/mol. The van der Waals surface area contributed by atoms with Crippen molar-refractivity contribution in [3.05, 3.63) is 41.2 Å². The average Bonchev–Trinajstić information content (AvgIpc) is 2.89. The third-order valence-corrected chi connectivity index (χ3v) is 3.48. The number of aromatic carboxylic acids is 1. The van der Waals surface area contributed by atoms with Crippen LogP contribution in [0.15, 0.2) is 24.4 Å². The van der Waals surface area contributed by atoms with E-state index in [1.165, 1.54) is 31.5 Å². The number of anilines is 1. The van der Waals surface area contributed by atoms with Gasteiger partial charge in [-0.05, 0) is 31.5 Å². The largest absolute Gasteiger partial charge is 0.495 e. The number of nitrogens with zero attached hydrogens (tertiary/aromatic N) is 2. The molecule has 0 saturated heterocycles. The summed E-state index contributed by atoms with van der Waals surface area (Å²) in [6.45, 7) is 4.62. The quantitative estimate of drug-likeness (QED) is 0.854. The summed E-state index contributed by atoms with van der Waals surface area (Å²) in [5.74, 6) is -1.08. The van der Waals surface area contributed by atoms with Crippen LogP contribution in [0, 0.1) is 6.92 Å². The van der Waals surface area contributed by atoms with Crippen LogP contribution in [0.2, 0.25) is 0 Å². The van der Waals surface area contributed by atoms with Gasteiger partial charge in [-0.2, -0.15) is 5.10 Å². The van der Waals surface area contributed by atoms with Crippen LogP contribution in [-0.4, -0.2) is 33.9 Å². The average molecular weight is 317 g/mol. The maximum absolute atomic E-state index is 12.4. The van der Waals surface area contributed by atoms with Gasteiger partial charge in [0.15, 0.2) is 0 Å². The lowest BCUT2D eigenvalue weighted by Gasteiger charge is -2.11. The molecule has 122 valence electrons. The van der Waals surface area contributed by atoms with Crippen LogP contribution in [0.3, 0.4) is 0 Å². The number of methoxy groups -OCH3 is 1. The second-order valence-electron chi connectivity index (χ2n) is 5.04. The number of amides is 1. The molecule has 0 aliphatic heterocycles. The number of ether oxygens (including phenoxy) is 1. The van der Waals surface area contributed by atoms with E-state index in [1.807, 2.05) is 13.8 Å². The van der Waals surface area contributed by atoms with Gasteiger partial charge in [0.2, 0.25) is 0 Å². The Morgan fingerprint density at radius 1 is 1.39 bits per heavy atom. The zero-order chi connectivity index (χ0) is 17.0. The van der Waals surface area contributed by atoms with Gasteiger partial charge < -0.3 is 15.2 Å². The molecule has 0 unspecified atom stereocenters. The Morgan fingerprint density at radius 3 is 2.74 bits per heavy atom. The standard InChI is InChI=1S/C16H19N3O4/c1-4-7-19-10(2)12(9-17-19)15(20)18-13-6-5-11(16(21)22)8-14(13)23-3/h5-6,8-9H,4,7H2,1-3H3,(H,18,20)(H,21,22). The van der Waals surface area contributed by atoms with Gasteiger partial charge in [-0.1, -0.05) is 6.92 Å². The van der Waals surface area contributed by atoms with E-state index in [9.17, 15) is 9.59 Å². The van der Waals surface area contributed by atoms with Crippen LogP contribution in [-0.2, 0) is 6.54 Å². The first-order valence-electron chi connectivity index (χ1n) is 7.23. The monoisotopic (exact) mass is 317 g/mol. The van der Waals surface area contributed by atoms with Crippen molar-refractivity contribution in [2.45, 2.75) is 26.8 Å². The van der Waals surface area contributed by atoms with Gasteiger partial charge in [0, 0.05) is 12.2 Å². The Balaban J connectivity index is 2.25. The SMILES string of the molecule is CCCn1ncc(C(=O)Nc2ccc(C(=O)O)cc2OC)c1C. The number of carbonyl (C=O) groups excluding carboxylic acids is 1. The zero-order valence-corrected chi connectivity index (χ0v) is 13.3. The van der Waals surface area contributed by atoms with E-state index in [-0.39, 0.29) is 17.2 Å². The van der Waals surface area contributed by atoms with E-state index in [4.69, 9.17) is 9.84 Å². The second-order valence-corrected chi connectivity index (χ2v) is 5.04. The number of benzene rings is 1. The summed E-state index contributed by atoms with van der Waals surface area (Å²) >= 11 is 0. The lowest BCUT2D eigenvalue weighted by Crippen LogP contribution is -2.14. The number of carbonyl (C=O) groups is 2. The first kappa shape index (κ1) is 16.5. The number of rotatable bonds is 6. The maximum atomic E-state index is 12.4. The number of aryl methyl sites for hydroxylation is 1. The Hall–Kier alpha value is -2.83. The Bertz CT molecular complexity index is 737. The van der Waals surface area contributed by atoms with Gasteiger partial charge in [0.05, 0.1) is 30.1 Å². The molecule has 0 atom stereocenters. The summed E-state index contributed by atoms with van der Waals surface area (Å²) in [6, 6.07) is 4.28. The van der Waals surface area contributed by atoms with Crippen molar-refractivity contribution in [2.24, 2.45) is 0 Å². The van der Waals surface area contributed by atoms with Crippen molar-refractivity contribution in [1.29, 1.82) is 0 Å². The van der Waals surface area contributed by atoms with Crippen molar-refractivity contribution in [1.82, 2.24) is 9.78 Å². The molecule has 0 bridgehead atoms. The number of hydrogen-bond acceptors (Lipinski definition) is 4. The topological polar surface area (TPSA) is 93.5 Å². The number of nitrogens with one attached hydrogen (secondary N) is 1. The minimum absolute atomic E-state index is 0.0896. The van der Waals surface area contributed by atoms with Gasteiger partial charge in [0.25, 0.3) is 5.91 Å². The van der Waals surface area contributed by atoms with Crippen LogP contribution in [0.5, 0.6) is 5.75 Å². The molecular weight excluding hydrogens is 298 g/mol. The van der Waals surface area contributed by atoms with Gasteiger partial charge >= 0.3 is 5.97 Å². The minimum Gasteiger partial charge on any atom is -0.495 e. The molecule has 0 radical (unpaired) electrons. The molecule has 0 aliphatic rings. The smallest absolute Gasteiger partial charge is 0.335 e. The summed E-state index contributed by atoms with van der Waals surface area (Å²) < 4.78 is 6.93. The van der Waals surface area contributed by atoms with E-state index in [2.05, 4.69) is 10.4 Å².